The van der Waals surface area contributed by atoms with Gasteiger partial charge in [-0.05, 0) is 17.6 Å². The number of carboxylic acid groups (broad SMARTS) is 1. The molecule has 0 saturated heterocycles. The average molecular weight is 269 g/mol. The molecule has 3 nitrogen and oxygen atoms in total. The molecule has 1 atom stereocenters. The van der Waals surface area contributed by atoms with Crippen molar-refractivity contribution in [3.05, 3.63) is 42.0 Å². The zero-order chi connectivity index (χ0) is 12.7. The summed E-state index contributed by atoms with van der Waals surface area (Å²) in [6, 6.07) is 8.96. The predicted octanol–water partition coefficient (Wildman–Crippen LogP) is -1.45. The van der Waals surface area contributed by atoms with Gasteiger partial charge >= 0.3 is 51.4 Å². The Hall–Kier alpha value is -0.264. The summed E-state index contributed by atoms with van der Waals surface area (Å²) >= 11 is 0. The molecule has 1 rings (SSSR count). The first-order valence-corrected chi connectivity index (χ1v) is 5.57. The van der Waals surface area contributed by atoms with Crippen LogP contribution in [0.5, 0.6) is 0 Å². The summed E-state index contributed by atoms with van der Waals surface area (Å²) in [7, 11) is 0. The third-order valence-electron chi connectivity index (χ3n) is 2.29. The Bertz CT molecular complexity index is 413. The van der Waals surface area contributed by atoms with Gasteiger partial charge in [-0.25, -0.2) is 0 Å². The molecule has 0 bridgehead atoms. The third kappa shape index (κ3) is 6.61. The van der Waals surface area contributed by atoms with Gasteiger partial charge in [0, 0.05) is 6.21 Å². The van der Waals surface area contributed by atoms with Crippen molar-refractivity contribution >= 4 is 18.3 Å². The molecule has 0 N–H and O–H groups in total. The Morgan fingerprint density at radius 1 is 1.28 bits per heavy atom. The van der Waals surface area contributed by atoms with Crippen LogP contribution >= 0.6 is 0 Å². The van der Waals surface area contributed by atoms with Crippen molar-refractivity contribution in [2.75, 3.05) is 0 Å². The molecule has 4 heteroatoms. The summed E-state index contributed by atoms with van der Waals surface area (Å²) < 4.78 is 0. The fourth-order valence-corrected chi connectivity index (χ4v) is 1.37. The molecule has 18 heavy (non-hydrogen) atoms. The minimum Gasteiger partial charge on any atom is -0.548 e. The van der Waals surface area contributed by atoms with Gasteiger partial charge in [-0.2, -0.15) is 0 Å². The number of carboxylic acids is 1. The van der Waals surface area contributed by atoms with Gasteiger partial charge in [0.05, 0.1) is 12.0 Å². The van der Waals surface area contributed by atoms with Gasteiger partial charge in [-0.15, -0.1) is 0 Å². The van der Waals surface area contributed by atoms with Gasteiger partial charge in [0.2, 0.25) is 0 Å². The number of aliphatic carboxylic acids is 1. The number of carbonyl (C=O) groups is 1. The van der Waals surface area contributed by atoms with Gasteiger partial charge in [0.1, 0.15) is 0 Å². The minimum atomic E-state index is -1.13. The number of nitrogens with zero attached hydrogens (tertiary/aromatic N) is 1. The molecular weight excluding hydrogens is 253 g/mol. The van der Waals surface area contributed by atoms with Crippen LogP contribution in [-0.4, -0.2) is 18.2 Å². The molecule has 0 aliphatic carbocycles. The number of aliphatic imine (C=N–C) groups is 1. The van der Waals surface area contributed by atoms with E-state index in [9.17, 15) is 9.90 Å². The number of benzene rings is 1. The number of hydrogen-bond acceptors (Lipinski definition) is 3. The standard InChI is InChI=1S/C14H17NO2.K/c1-11(2)13(14(16)17)15-10-6-9-12-7-4-3-5-8-12;/h3-11,13H,1-2H3,(H,16,17);/q;+1/p-1/b9-6+,15-10?;/t13-;/m0./s1. The predicted molar refractivity (Wildman–Crippen MR) is 67.6 cm³/mol. The first kappa shape index (κ1) is 17.7. The molecule has 0 unspecified atom stereocenters. The van der Waals surface area contributed by atoms with E-state index in [2.05, 4.69) is 4.99 Å². The van der Waals surface area contributed by atoms with Gasteiger partial charge in [-0.1, -0.05) is 50.3 Å². The zero-order valence-electron chi connectivity index (χ0n) is 11.0. The van der Waals surface area contributed by atoms with Crippen molar-refractivity contribution in [1.29, 1.82) is 0 Å². The van der Waals surface area contributed by atoms with Crippen LogP contribution in [-0.2, 0) is 4.79 Å². The average Bonchev–Trinajstić information content (AvgIpc) is 2.29. The van der Waals surface area contributed by atoms with Crippen LogP contribution in [0.4, 0.5) is 0 Å². The van der Waals surface area contributed by atoms with E-state index in [0.29, 0.717) is 0 Å². The van der Waals surface area contributed by atoms with Gasteiger partial charge in [-0.3, -0.25) is 4.99 Å². The van der Waals surface area contributed by atoms with Gasteiger partial charge in [0.25, 0.3) is 0 Å². The molecule has 1 aromatic rings. The molecule has 0 aromatic heterocycles. The maximum atomic E-state index is 10.8. The zero-order valence-corrected chi connectivity index (χ0v) is 14.2. The Morgan fingerprint density at radius 2 is 1.89 bits per heavy atom. The molecule has 90 valence electrons. The minimum absolute atomic E-state index is 0. The smallest absolute Gasteiger partial charge is 0.548 e. The first-order valence-electron chi connectivity index (χ1n) is 5.57. The van der Waals surface area contributed by atoms with E-state index in [0.717, 1.165) is 5.56 Å². The summed E-state index contributed by atoms with van der Waals surface area (Å²) in [5, 5.41) is 10.8. The molecular formula is C14H16KNO2. The first-order chi connectivity index (χ1) is 8.11. The topological polar surface area (TPSA) is 52.5 Å². The van der Waals surface area contributed by atoms with E-state index in [1.54, 1.807) is 19.9 Å². The summed E-state index contributed by atoms with van der Waals surface area (Å²) in [5.41, 5.74) is 1.05. The van der Waals surface area contributed by atoms with Gasteiger partial charge < -0.3 is 9.90 Å². The van der Waals surface area contributed by atoms with Crippen LogP contribution < -0.4 is 56.5 Å². The molecule has 0 aliphatic rings. The Morgan fingerprint density at radius 3 is 2.39 bits per heavy atom. The fourth-order valence-electron chi connectivity index (χ4n) is 1.37. The molecule has 0 radical (unpaired) electrons. The van der Waals surface area contributed by atoms with Crippen molar-refractivity contribution in [3.8, 4) is 0 Å². The molecule has 0 amide bonds. The van der Waals surface area contributed by atoms with E-state index >= 15 is 0 Å². The molecule has 0 fully saturated rings. The number of allylic oxidation sites excluding steroid dienone is 1. The fraction of sp³-hybridized carbons (Fsp3) is 0.286. The quantitative estimate of drug-likeness (QED) is 0.485. The number of carbonyl (C=O) groups excluding carboxylic acids is 1. The Labute approximate surface area is 150 Å². The van der Waals surface area contributed by atoms with E-state index in [1.807, 2.05) is 36.4 Å². The summed E-state index contributed by atoms with van der Waals surface area (Å²) in [5.74, 6) is -1.20. The van der Waals surface area contributed by atoms with Crippen LogP contribution in [0.15, 0.2) is 41.4 Å². The largest absolute Gasteiger partial charge is 1.00 e. The van der Waals surface area contributed by atoms with Crippen molar-refractivity contribution in [1.82, 2.24) is 0 Å². The maximum Gasteiger partial charge on any atom is 1.00 e. The third-order valence-corrected chi connectivity index (χ3v) is 2.29. The van der Waals surface area contributed by atoms with E-state index in [1.165, 1.54) is 6.21 Å². The van der Waals surface area contributed by atoms with Crippen LogP contribution in [0.1, 0.15) is 19.4 Å². The van der Waals surface area contributed by atoms with E-state index < -0.39 is 12.0 Å². The number of hydrogen-bond donors (Lipinski definition) is 0. The Kier molecular flexibility index (Phi) is 9.50. The number of rotatable bonds is 5. The van der Waals surface area contributed by atoms with Crippen LogP contribution in [0.2, 0.25) is 0 Å². The summed E-state index contributed by atoms with van der Waals surface area (Å²) in [4.78, 5) is 14.7. The second kappa shape index (κ2) is 9.64. The van der Waals surface area contributed by atoms with Crippen LogP contribution in [0.25, 0.3) is 6.08 Å². The van der Waals surface area contributed by atoms with Crippen molar-refractivity contribution in [2.24, 2.45) is 10.9 Å². The Balaban J connectivity index is 0.00000289. The normalized spacial score (nSPS) is 12.8. The molecule has 0 saturated carbocycles. The monoisotopic (exact) mass is 269 g/mol. The van der Waals surface area contributed by atoms with E-state index in [-0.39, 0.29) is 57.3 Å². The van der Waals surface area contributed by atoms with Crippen LogP contribution in [0.3, 0.4) is 0 Å². The van der Waals surface area contributed by atoms with Crippen LogP contribution in [0, 0.1) is 5.92 Å². The van der Waals surface area contributed by atoms with Crippen molar-refractivity contribution in [3.63, 3.8) is 0 Å². The second-order valence-corrected chi connectivity index (χ2v) is 4.08. The summed E-state index contributed by atoms with van der Waals surface area (Å²) in [6.07, 6.45) is 5.11. The van der Waals surface area contributed by atoms with E-state index in [4.69, 9.17) is 0 Å². The molecule has 1 aromatic carbocycles. The SMILES string of the molecule is CC(C)[C@H](N=C/C=C/c1ccccc1)C(=O)[O-].[K+]. The van der Waals surface area contributed by atoms with Crippen molar-refractivity contribution in [2.45, 2.75) is 19.9 Å². The molecule has 0 spiro atoms. The molecule has 0 aliphatic heterocycles. The molecule has 0 heterocycles. The van der Waals surface area contributed by atoms with Crippen molar-refractivity contribution < 1.29 is 61.3 Å². The second-order valence-electron chi connectivity index (χ2n) is 4.08. The summed E-state index contributed by atoms with van der Waals surface area (Å²) in [6.45, 7) is 3.61. The maximum absolute atomic E-state index is 10.8. The van der Waals surface area contributed by atoms with Gasteiger partial charge in [0.15, 0.2) is 0 Å².